The number of pyridine rings is 1. The Kier molecular flexibility index (Phi) is 10.5. The number of nitrogens with one attached hydrogen (secondary N) is 1. The van der Waals surface area contributed by atoms with Gasteiger partial charge in [0.05, 0.1) is 28.8 Å². The van der Waals surface area contributed by atoms with E-state index in [-0.39, 0.29) is 44.5 Å². The fourth-order valence-electron chi connectivity index (χ4n) is 6.22. The predicted molar refractivity (Wildman–Crippen MR) is 188 cm³/mol. The zero-order valence-electron chi connectivity index (χ0n) is 27.0. The SMILES string of the molecule is CCCCCc1c(C=C2SC(=S)N(c3c(C)n(C)n(-c4ccccc4)c3=O)C2=O)c(N2CCCC(C(=O)OCC)C2)[nH]c(=O)c1C#N. The number of amides is 1. The third kappa shape index (κ3) is 6.57. The van der Waals surface area contributed by atoms with Crippen molar-refractivity contribution < 1.29 is 14.3 Å². The van der Waals surface area contributed by atoms with Crippen LogP contribution in [0.5, 0.6) is 0 Å². The molecular weight excluding hydrogens is 637 g/mol. The summed E-state index contributed by atoms with van der Waals surface area (Å²) in [6.07, 6.45) is 6.05. The minimum absolute atomic E-state index is 0.00446. The summed E-state index contributed by atoms with van der Waals surface area (Å²) in [5, 5.41) is 10.1. The van der Waals surface area contributed by atoms with Gasteiger partial charge < -0.3 is 14.6 Å². The minimum atomic E-state index is -0.515. The number of thiocarbonyl (C=S) groups is 1. The number of nitriles is 1. The molecule has 246 valence electrons. The van der Waals surface area contributed by atoms with E-state index < -0.39 is 11.5 Å². The normalized spacial score (nSPS) is 17.4. The molecule has 5 rings (SSSR count). The molecule has 2 saturated heterocycles. The molecule has 2 aliphatic rings. The van der Waals surface area contributed by atoms with E-state index in [1.807, 2.05) is 35.2 Å². The van der Waals surface area contributed by atoms with Crippen LogP contribution in [-0.4, -0.2) is 50.2 Å². The summed E-state index contributed by atoms with van der Waals surface area (Å²) >= 11 is 6.76. The predicted octanol–water partition coefficient (Wildman–Crippen LogP) is 4.96. The van der Waals surface area contributed by atoms with Crippen molar-refractivity contribution in [3.05, 3.63) is 78.3 Å². The Hall–Kier alpha value is -4.41. The van der Waals surface area contributed by atoms with E-state index in [1.165, 1.54) is 9.58 Å². The Labute approximate surface area is 282 Å². The summed E-state index contributed by atoms with van der Waals surface area (Å²) < 4.78 is 8.69. The van der Waals surface area contributed by atoms with E-state index in [0.717, 1.165) is 31.0 Å². The molecule has 0 saturated carbocycles. The highest BCUT2D eigenvalue weighted by atomic mass is 32.2. The van der Waals surface area contributed by atoms with Crippen molar-refractivity contribution in [2.45, 2.75) is 59.3 Å². The van der Waals surface area contributed by atoms with Gasteiger partial charge in [-0.1, -0.05) is 61.9 Å². The molecule has 1 N–H and O–H groups in total. The molecule has 0 spiro atoms. The molecule has 0 radical (unpaired) electrons. The number of anilines is 2. The number of hydrogen-bond donors (Lipinski definition) is 1. The molecule has 47 heavy (non-hydrogen) atoms. The Balaban J connectivity index is 1.63. The highest BCUT2D eigenvalue weighted by Gasteiger charge is 2.39. The van der Waals surface area contributed by atoms with Gasteiger partial charge in [0, 0.05) is 25.7 Å². The number of aromatic amines is 1. The second-order valence-corrected chi connectivity index (χ2v) is 13.3. The molecule has 2 aliphatic heterocycles. The number of benzene rings is 1. The maximum atomic E-state index is 14.2. The fraction of sp³-hybridized carbons (Fsp3) is 0.412. The number of nitrogens with zero attached hydrogens (tertiary/aromatic N) is 5. The van der Waals surface area contributed by atoms with Crippen LogP contribution in [0.2, 0.25) is 0 Å². The van der Waals surface area contributed by atoms with Crippen LogP contribution in [0.4, 0.5) is 11.5 Å². The highest BCUT2D eigenvalue weighted by molar-refractivity contribution is 8.27. The molecule has 0 aliphatic carbocycles. The van der Waals surface area contributed by atoms with Crippen LogP contribution in [0.3, 0.4) is 0 Å². The Morgan fingerprint density at radius 2 is 1.94 bits per heavy atom. The van der Waals surface area contributed by atoms with Crippen LogP contribution in [0, 0.1) is 24.2 Å². The molecule has 1 aromatic carbocycles. The first-order chi connectivity index (χ1) is 22.6. The van der Waals surface area contributed by atoms with Crippen LogP contribution >= 0.6 is 24.0 Å². The number of ether oxygens (including phenoxy) is 1. The topological polar surface area (TPSA) is 133 Å². The molecule has 3 aromatic rings. The van der Waals surface area contributed by atoms with Crippen molar-refractivity contribution in [2.75, 3.05) is 29.5 Å². The zero-order chi connectivity index (χ0) is 33.8. The van der Waals surface area contributed by atoms with Crippen molar-refractivity contribution in [3.63, 3.8) is 0 Å². The molecule has 2 fully saturated rings. The number of hydrogen-bond acceptors (Lipinski definition) is 9. The van der Waals surface area contributed by atoms with Gasteiger partial charge >= 0.3 is 5.97 Å². The second-order valence-electron chi connectivity index (χ2n) is 11.6. The lowest BCUT2D eigenvalue weighted by molar-refractivity contribution is -0.148. The Morgan fingerprint density at radius 1 is 1.19 bits per heavy atom. The van der Waals surface area contributed by atoms with Crippen LogP contribution in [0.15, 0.2) is 44.8 Å². The summed E-state index contributed by atoms with van der Waals surface area (Å²) in [6.45, 7) is 6.76. The number of rotatable bonds is 10. The summed E-state index contributed by atoms with van der Waals surface area (Å²) in [7, 11) is 1.75. The number of H-pyrrole nitrogens is 1. The van der Waals surface area contributed by atoms with E-state index in [2.05, 4.69) is 18.0 Å². The number of unbranched alkanes of at least 4 members (excludes halogenated alkanes) is 2. The molecule has 13 heteroatoms. The first kappa shape index (κ1) is 33.9. The third-order valence-electron chi connectivity index (χ3n) is 8.66. The van der Waals surface area contributed by atoms with Gasteiger partial charge in [0.15, 0.2) is 4.32 Å². The van der Waals surface area contributed by atoms with Crippen molar-refractivity contribution in [1.29, 1.82) is 5.26 Å². The van der Waals surface area contributed by atoms with Gasteiger partial charge in [-0.25, -0.2) is 4.68 Å². The number of para-hydroxylation sites is 1. The number of esters is 1. The lowest BCUT2D eigenvalue weighted by Gasteiger charge is -2.34. The zero-order valence-corrected chi connectivity index (χ0v) is 28.6. The number of carbonyl (C=O) groups excluding carboxylic acids is 2. The average Bonchev–Trinajstić information content (AvgIpc) is 3.46. The number of aromatic nitrogens is 3. The molecule has 4 heterocycles. The maximum absolute atomic E-state index is 14.2. The van der Waals surface area contributed by atoms with Crippen molar-refractivity contribution in [1.82, 2.24) is 14.3 Å². The van der Waals surface area contributed by atoms with E-state index >= 15 is 0 Å². The van der Waals surface area contributed by atoms with E-state index in [1.54, 1.807) is 31.7 Å². The van der Waals surface area contributed by atoms with Gasteiger partial charge in [-0.05, 0) is 63.3 Å². The van der Waals surface area contributed by atoms with E-state index in [9.17, 15) is 24.4 Å². The number of carbonyl (C=O) groups is 2. The lowest BCUT2D eigenvalue weighted by atomic mass is 9.94. The number of piperidine rings is 1. The van der Waals surface area contributed by atoms with Crippen LogP contribution < -0.4 is 20.9 Å². The summed E-state index contributed by atoms with van der Waals surface area (Å²) in [5.74, 6) is -0.699. The largest absolute Gasteiger partial charge is 0.466 e. The Morgan fingerprint density at radius 3 is 2.62 bits per heavy atom. The summed E-state index contributed by atoms with van der Waals surface area (Å²) in [5.41, 5.74) is 1.55. The van der Waals surface area contributed by atoms with Gasteiger partial charge in [-0.3, -0.25) is 28.8 Å². The lowest BCUT2D eigenvalue weighted by Crippen LogP contribution is -2.41. The van der Waals surface area contributed by atoms with Gasteiger partial charge in [0.2, 0.25) is 0 Å². The van der Waals surface area contributed by atoms with Crippen LogP contribution in [0.25, 0.3) is 11.8 Å². The van der Waals surface area contributed by atoms with Crippen LogP contribution in [-0.2, 0) is 27.8 Å². The smallest absolute Gasteiger partial charge is 0.310 e. The standard InChI is InChI=1S/C34H38N6O5S2/c1-5-7-9-16-24-25(29(36-30(41)26(24)19-35)38-17-12-13-22(20-38)33(44)45-6-2)18-27-31(42)39(34(46)47-27)28-21(3)37(4)40(32(28)43)23-14-10-8-11-15-23/h8,10-11,14-15,18,22H,5-7,9,12-13,16-17,20H2,1-4H3,(H,36,41). The van der Waals surface area contributed by atoms with Crippen molar-refractivity contribution >= 4 is 57.8 Å². The van der Waals surface area contributed by atoms with E-state index in [4.69, 9.17) is 17.0 Å². The van der Waals surface area contributed by atoms with E-state index in [0.29, 0.717) is 60.7 Å². The third-order valence-corrected chi connectivity index (χ3v) is 9.96. The second kappa shape index (κ2) is 14.6. The fourth-order valence-corrected chi connectivity index (χ4v) is 7.48. The summed E-state index contributed by atoms with van der Waals surface area (Å²) in [4.78, 5) is 60.3. The van der Waals surface area contributed by atoms with Gasteiger partial charge in [0.25, 0.3) is 17.0 Å². The van der Waals surface area contributed by atoms with Gasteiger partial charge in [0.1, 0.15) is 23.1 Å². The number of thioether (sulfide) groups is 1. The molecule has 0 bridgehead atoms. The van der Waals surface area contributed by atoms with Gasteiger partial charge in [-0.15, -0.1) is 0 Å². The maximum Gasteiger partial charge on any atom is 0.310 e. The minimum Gasteiger partial charge on any atom is -0.466 e. The molecule has 2 aromatic heterocycles. The molecule has 1 amide bonds. The molecule has 1 atom stereocenters. The molecule has 11 nitrogen and oxygen atoms in total. The van der Waals surface area contributed by atoms with Gasteiger partial charge in [-0.2, -0.15) is 5.26 Å². The monoisotopic (exact) mass is 674 g/mol. The first-order valence-corrected chi connectivity index (χ1v) is 17.1. The van der Waals surface area contributed by atoms with Crippen LogP contribution in [0.1, 0.15) is 68.3 Å². The average molecular weight is 675 g/mol. The highest BCUT2D eigenvalue weighted by Crippen LogP contribution is 2.39. The first-order valence-electron chi connectivity index (χ1n) is 15.9. The van der Waals surface area contributed by atoms with Crippen molar-refractivity contribution in [3.8, 4) is 11.8 Å². The Bertz CT molecular complexity index is 1900. The molecular formula is C34H38N6O5S2. The van der Waals surface area contributed by atoms with Crippen molar-refractivity contribution in [2.24, 2.45) is 13.0 Å². The summed E-state index contributed by atoms with van der Waals surface area (Å²) in [6, 6.07) is 11.2. The molecule has 1 unspecified atom stereocenters. The quantitative estimate of drug-likeness (QED) is 0.137.